The molecule has 0 aliphatic heterocycles. The molecule has 0 bridgehead atoms. The molecule has 2 rings (SSSR count). The van der Waals surface area contributed by atoms with E-state index >= 15 is 0 Å². The first-order valence-corrected chi connectivity index (χ1v) is 8.34. The molecule has 0 heterocycles. The Morgan fingerprint density at radius 3 is 2.30 bits per heavy atom. The van der Waals surface area contributed by atoms with Crippen molar-refractivity contribution < 1.29 is 24.3 Å². The molecule has 1 atom stereocenters. The number of nitrogens with one attached hydrogen (secondary N) is 2. The van der Waals surface area contributed by atoms with Crippen LogP contribution in [0.25, 0.3) is 0 Å². The lowest BCUT2D eigenvalue weighted by molar-refractivity contribution is -0.119. The van der Waals surface area contributed by atoms with Crippen molar-refractivity contribution in [1.29, 1.82) is 0 Å². The normalized spacial score (nSPS) is 11.8. The molecular formula is C19H21BN2O5. The van der Waals surface area contributed by atoms with E-state index in [-0.39, 0.29) is 6.42 Å². The van der Waals surface area contributed by atoms with Crippen LogP contribution in [0.5, 0.6) is 0 Å². The molecule has 0 saturated heterocycles. The van der Waals surface area contributed by atoms with Crippen LogP contribution in [0.3, 0.4) is 0 Å². The van der Waals surface area contributed by atoms with Gasteiger partial charge in [-0.2, -0.15) is 0 Å². The van der Waals surface area contributed by atoms with Gasteiger partial charge in [0.15, 0.2) is 0 Å². The number of para-hydroxylation sites is 1. The van der Waals surface area contributed by atoms with Crippen LogP contribution in [0.15, 0.2) is 66.7 Å². The van der Waals surface area contributed by atoms with Gasteiger partial charge in [0.1, 0.15) is 6.23 Å². The lowest BCUT2D eigenvalue weighted by atomic mass is 10.1. The zero-order valence-electron chi connectivity index (χ0n) is 14.8. The van der Waals surface area contributed by atoms with Gasteiger partial charge in [0.25, 0.3) is 0 Å². The second-order valence-electron chi connectivity index (χ2n) is 5.84. The van der Waals surface area contributed by atoms with Gasteiger partial charge in [0.2, 0.25) is 11.8 Å². The summed E-state index contributed by atoms with van der Waals surface area (Å²) in [5, 5.41) is 23.2. The molecule has 0 saturated carbocycles. The molecule has 0 aliphatic carbocycles. The third-order valence-corrected chi connectivity index (χ3v) is 3.56. The minimum absolute atomic E-state index is 0.230. The Bertz CT molecular complexity index is 778. The zero-order chi connectivity index (χ0) is 19.6. The highest BCUT2D eigenvalue weighted by Gasteiger charge is 2.19. The molecule has 0 unspecified atom stereocenters. The maximum absolute atomic E-state index is 12.0. The molecule has 0 fully saturated rings. The Kier molecular flexibility index (Phi) is 7.75. The number of carbonyl (C=O) groups excluding carboxylic acids is 2. The Hall–Kier alpha value is -2.94. The van der Waals surface area contributed by atoms with Crippen LogP contribution in [-0.4, -0.2) is 35.4 Å². The van der Waals surface area contributed by atoms with Gasteiger partial charge in [0.05, 0.1) is 0 Å². The predicted molar refractivity (Wildman–Crippen MR) is 102 cm³/mol. The number of rotatable bonds is 8. The van der Waals surface area contributed by atoms with E-state index < -0.39 is 25.4 Å². The average Bonchev–Trinajstić information content (AvgIpc) is 2.62. The van der Waals surface area contributed by atoms with Crippen LogP contribution in [0.4, 0.5) is 5.69 Å². The first kappa shape index (κ1) is 20.4. The van der Waals surface area contributed by atoms with Gasteiger partial charge in [-0.1, -0.05) is 48.0 Å². The predicted octanol–water partition coefficient (Wildman–Crippen LogP) is 1.16. The smallest absolute Gasteiger partial charge is 0.402 e. The quantitative estimate of drug-likeness (QED) is 0.318. The van der Waals surface area contributed by atoms with E-state index in [0.29, 0.717) is 5.69 Å². The first-order chi connectivity index (χ1) is 12.9. The van der Waals surface area contributed by atoms with E-state index in [4.69, 9.17) is 14.7 Å². The molecule has 0 aliphatic rings. The Morgan fingerprint density at radius 1 is 1.04 bits per heavy atom. The lowest BCUT2D eigenvalue weighted by Gasteiger charge is -2.18. The second-order valence-corrected chi connectivity index (χ2v) is 5.84. The van der Waals surface area contributed by atoms with E-state index in [2.05, 4.69) is 10.6 Å². The van der Waals surface area contributed by atoms with Crippen LogP contribution in [0, 0.1) is 6.92 Å². The number of amides is 2. The van der Waals surface area contributed by atoms with Crippen molar-refractivity contribution in [3.8, 4) is 0 Å². The Balaban J connectivity index is 1.91. The molecule has 4 N–H and O–H groups in total. The molecule has 2 aromatic carbocycles. The fourth-order valence-corrected chi connectivity index (χ4v) is 2.28. The summed E-state index contributed by atoms with van der Waals surface area (Å²) in [4.78, 5) is 23.8. The number of benzene rings is 2. The van der Waals surface area contributed by atoms with Gasteiger partial charge < -0.3 is 25.3 Å². The van der Waals surface area contributed by atoms with Gasteiger partial charge in [-0.15, -0.1) is 0 Å². The largest absolute Gasteiger partial charge is 0.635 e. The lowest BCUT2D eigenvalue weighted by Crippen LogP contribution is -2.41. The van der Waals surface area contributed by atoms with Crippen molar-refractivity contribution in [2.75, 3.05) is 5.32 Å². The van der Waals surface area contributed by atoms with Crippen molar-refractivity contribution in [2.45, 2.75) is 19.6 Å². The standard InChI is InChI=1S/C19H21BN2O5/c1-14-7-9-15(10-8-14)13-19(27-20(25)26)22-18(24)12-11-17(23)21-16-5-3-2-4-6-16/h2-12,19,25-26H,13H2,1H3,(H,21,23)(H,22,24)/b12-11+/t19-/m1/s1. The van der Waals surface area contributed by atoms with Gasteiger partial charge in [-0.25, -0.2) is 0 Å². The molecule has 27 heavy (non-hydrogen) atoms. The van der Waals surface area contributed by atoms with Crippen molar-refractivity contribution in [3.05, 3.63) is 77.9 Å². The van der Waals surface area contributed by atoms with E-state index in [1.165, 1.54) is 0 Å². The molecule has 2 aromatic rings. The zero-order valence-corrected chi connectivity index (χ0v) is 14.8. The summed E-state index contributed by atoms with van der Waals surface area (Å²) in [6.45, 7) is 1.95. The fraction of sp³-hybridized carbons (Fsp3) is 0.158. The summed E-state index contributed by atoms with van der Waals surface area (Å²) in [5.41, 5.74) is 2.53. The average molecular weight is 368 g/mol. The van der Waals surface area contributed by atoms with E-state index in [0.717, 1.165) is 23.3 Å². The van der Waals surface area contributed by atoms with E-state index in [1.54, 1.807) is 24.3 Å². The highest BCUT2D eigenvalue weighted by Crippen LogP contribution is 2.08. The SMILES string of the molecule is Cc1ccc(C[C@H](NC(=O)/C=C/C(=O)Nc2ccccc2)OB(O)O)cc1. The van der Waals surface area contributed by atoms with Gasteiger partial charge in [-0.3, -0.25) is 9.59 Å². The van der Waals surface area contributed by atoms with Crippen LogP contribution in [-0.2, 0) is 20.7 Å². The third kappa shape index (κ3) is 7.87. The minimum atomic E-state index is -2.04. The van der Waals surface area contributed by atoms with Gasteiger partial charge in [0, 0.05) is 24.3 Å². The van der Waals surface area contributed by atoms with Crippen LogP contribution in [0.2, 0.25) is 0 Å². The van der Waals surface area contributed by atoms with Crippen molar-refractivity contribution >= 4 is 24.8 Å². The van der Waals surface area contributed by atoms with Crippen LogP contribution < -0.4 is 10.6 Å². The topological polar surface area (TPSA) is 108 Å². The number of hydrogen-bond donors (Lipinski definition) is 4. The van der Waals surface area contributed by atoms with Crippen molar-refractivity contribution in [3.63, 3.8) is 0 Å². The Labute approximate surface area is 157 Å². The van der Waals surface area contributed by atoms with Gasteiger partial charge in [-0.05, 0) is 24.6 Å². The maximum atomic E-state index is 12.0. The number of anilines is 1. The Morgan fingerprint density at radius 2 is 1.67 bits per heavy atom. The molecule has 7 nitrogen and oxygen atoms in total. The molecule has 0 spiro atoms. The number of hydrogen-bond acceptors (Lipinski definition) is 5. The van der Waals surface area contributed by atoms with Crippen LogP contribution >= 0.6 is 0 Å². The van der Waals surface area contributed by atoms with Crippen molar-refractivity contribution in [2.24, 2.45) is 0 Å². The minimum Gasteiger partial charge on any atom is -0.402 e. The molecule has 8 heteroatoms. The third-order valence-electron chi connectivity index (χ3n) is 3.56. The fourth-order valence-electron chi connectivity index (χ4n) is 2.28. The second kappa shape index (κ2) is 10.3. The number of aryl methyl sites for hydroxylation is 1. The monoisotopic (exact) mass is 368 g/mol. The molecule has 0 aromatic heterocycles. The molecule has 0 radical (unpaired) electrons. The number of carbonyl (C=O) groups is 2. The highest BCUT2D eigenvalue weighted by atomic mass is 16.6. The summed E-state index contributed by atoms with van der Waals surface area (Å²) >= 11 is 0. The summed E-state index contributed by atoms with van der Waals surface area (Å²) < 4.78 is 4.90. The maximum Gasteiger partial charge on any atom is 0.635 e. The molecule has 2 amide bonds. The highest BCUT2D eigenvalue weighted by molar-refractivity contribution is 6.32. The molecule has 140 valence electrons. The van der Waals surface area contributed by atoms with Gasteiger partial charge >= 0.3 is 7.32 Å². The summed E-state index contributed by atoms with van der Waals surface area (Å²) in [7, 11) is -2.04. The van der Waals surface area contributed by atoms with Crippen LogP contribution in [0.1, 0.15) is 11.1 Å². The summed E-state index contributed by atoms with van der Waals surface area (Å²) in [5.74, 6) is -1.06. The molecular weight excluding hydrogens is 347 g/mol. The van der Waals surface area contributed by atoms with E-state index in [9.17, 15) is 9.59 Å². The van der Waals surface area contributed by atoms with E-state index in [1.807, 2.05) is 37.3 Å². The summed E-state index contributed by atoms with van der Waals surface area (Å²) in [6.07, 6.45) is 1.39. The first-order valence-electron chi connectivity index (χ1n) is 8.34. The summed E-state index contributed by atoms with van der Waals surface area (Å²) in [6, 6.07) is 16.3. The van der Waals surface area contributed by atoms with Crippen molar-refractivity contribution in [1.82, 2.24) is 5.32 Å².